The molecule has 0 aliphatic carbocycles. The van der Waals surface area contributed by atoms with E-state index in [2.05, 4.69) is 20.5 Å². The van der Waals surface area contributed by atoms with Gasteiger partial charge in [0.25, 0.3) is 5.91 Å². The Bertz CT molecular complexity index is 728. The Balaban J connectivity index is 1.60. The minimum Gasteiger partial charge on any atom is -0.390 e. The van der Waals surface area contributed by atoms with Crippen LogP contribution in [0.1, 0.15) is 45.3 Å². The summed E-state index contributed by atoms with van der Waals surface area (Å²) in [5, 5.41) is 21.1. The van der Waals surface area contributed by atoms with E-state index in [1.54, 1.807) is 13.8 Å². The summed E-state index contributed by atoms with van der Waals surface area (Å²) < 4.78 is 10.2. The number of amides is 1. The summed E-state index contributed by atoms with van der Waals surface area (Å²) in [6.07, 6.45) is 0.0262. The second kappa shape index (κ2) is 6.97. The van der Waals surface area contributed by atoms with E-state index >= 15 is 0 Å². The Morgan fingerprint density at radius 2 is 1.88 bits per heavy atom. The van der Waals surface area contributed by atoms with Gasteiger partial charge < -0.3 is 19.5 Å². The number of aliphatic hydroxyl groups excluding tert-OH is 1. The molecule has 2 aromatic heterocycles. The first-order valence-electron chi connectivity index (χ1n) is 8.42. The molecule has 0 aromatic carbocycles. The molecule has 0 radical (unpaired) electrons. The lowest BCUT2D eigenvalue weighted by Crippen LogP contribution is -2.53. The van der Waals surface area contributed by atoms with Gasteiger partial charge in [-0.1, -0.05) is 10.3 Å². The fraction of sp³-hybridized carbons (Fsp3) is 0.588. The predicted octanol–water partition coefficient (Wildman–Crippen LogP) is 1.26. The van der Waals surface area contributed by atoms with Gasteiger partial charge in [0.2, 0.25) is 0 Å². The Morgan fingerprint density at radius 1 is 1.20 bits per heavy atom. The molecule has 3 heterocycles. The second-order valence-corrected chi connectivity index (χ2v) is 6.67. The van der Waals surface area contributed by atoms with Crippen LogP contribution < -0.4 is 5.32 Å². The van der Waals surface area contributed by atoms with Gasteiger partial charge >= 0.3 is 0 Å². The highest BCUT2D eigenvalue weighted by atomic mass is 16.5. The highest BCUT2D eigenvalue weighted by molar-refractivity contribution is 5.96. The molecule has 0 saturated carbocycles. The quantitative estimate of drug-likeness (QED) is 0.857. The Kier molecular flexibility index (Phi) is 4.91. The number of β-amino-alcohol motifs (C(OH)–C–C–N with tert-alkyl or cyclic N) is 1. The van der Waals surface area contributed by atoms with Crippen molar-refractivity contribution in [1.82, 2.24) is 20.5 Å². The van der Waals surface area contributed by atoms with Crippen LogP contribution in [0.2, 0.25) is 0 Å². The number of hydrogen-bond acceptors (Lipinski definition) is 7. The Hall–Kier alpha value is -2.19. The van der Waals surface area contributed by atoms with Gasteiger partial charge in [-0.2, -0.15) is 0 Å². The number of hydrogen-bond donors (Lipinski definition) is 2. The number of carbonyl (C=O) groups is 1. The van der Waals surface area contributed by atoms with Crippen molar-refractivity contribution in [2.45, 2.75) is 52.8 Å². The lowest BCUT2D eigenvalue weighted by molar-refractivity contribution is 0.0347. The molecule has 25 heavy (non-hydrogen) atoms. The van der Waals surface area contributed by atoms with Crippen molar-refractivity contribution < 1.29 is 18.9 Å². The molecule has 1 amide bonds. The van der Waals surface area contributed by atoms with Gasteiger partial charge in [0.05, 0.1) is 23.5 Å². The summed E-state index contributed by atoms with van der Waals surface area (Å²) in [5.74, 6) is 1.04. The summed E-state index contributed by atoms with van der Waals surface area (Å²) >= 11 is 0. The van der Waals surface area contributed by atoms with Gasteiger partial charge in [0, 0.05) is 25.2 Å². The van der Waals surface area contributed by atoms with Crippen molar-refractivity contribution in [1.29, 1.82) is 0 Å². The number of nitrogens with one attached hydrogen (secondary N) is 1. The molecule has 136 valence electrons. The predicted molar refractivity (Wildman–Crippen MR) is 89.1 cm³/mol. The second-order valence-electron chi connectivity index (χ2n) is 6.67. The third-order valence-electron chi connectivity index (χ3n) is 4.81. The van der Waals surface area contributed by atoms with Crippen LogP contribution in [0.15, 0.2) is 9.05 Å². The van der Waals surface area contributed by atoms with Crippen molar-refractivity contribution >= 4 is 5.91 Å². The van der Waals surface area contributed by atoms with Crippen molar-refractivity contribution in [3.8, 4) is 0 Å². The smallest absolute Gasteiger partial charge is 0.257 e. The molecule has 2 N–H and O–H groups in total. The van der Waals surface area contributed by atoms with E-state index in [0.717, 1.165) is 23.6 Å². The minimum atomic E-state index is -0.640. The lowest BCUT2D eigenvalue weighted by Gasteiger charge is -2.36. The van der Waals surface area contributed by atoms with E-state index in [0.29, 0.717) is 36.5 Å². The van der Waals surface area contributed by atoms with Crippen molar-refractivity contribution in [2.75, 3.05) is 13.1 Å². The van der Waals surface area contributed by atoms with E-state index in [-0.39, 0.29) is 11.9 Å². The normalized spacial score (nSPS) is 21.5. The summed E-state index contributed by atoms with van der Waals surface area (Å²) in [4.78, 5) is 14.6. The van der Waals surface area contributed by atoms with Crippen LogP contribution in [0.3, 0.4) is 0 Å². The van der Waals surface area contributed by atoms with E-state index in [4.69, 9.17) is 9.05 Å². The lowest BCUT2D eigenvalue weighted by atomic mass is 10.00. The van der Waals surface area contributed by atoms with Gasteiger partial charge in [-0.25, -0.2) is 0 Å². The maximum atomic E-state index is 12.4. The number of carbonyl (C=O) groups excluding carboxylic acids is 1. The number of nitrogens with zero attached hydrogens (tertiary/aromatic N) is 3. The number of aromatic nitrogens is 2. The van der Waals surface area contributed by atoms with Gasteiger partial charge in [-0.05, 0) is 34.1 Å². The molecule has 1 aliphatic rings. The van der Waals surface area contributed by atoms with Crippen LogP contribution in [-0.4, -0.2) is 51.5 Å². The standard InChI is InChI=1S/C17H24N4O4/c1-9-13(11(3)24-19-9)7-21-6-5-14(15(22)8-21)18-17(23)16-10(2)20-25-12(16)4/h14-15,22H,5-8H2,1-4H3,(H,18,23)/t14-,15-/m1/s1. The van der Waals surface area contributed by atoms with Gasteiger partial charge in [-0.15, -0.1) is 0 Å². The van der Waals surface area contributed by atoms with E-state index in [9.17, 15) is 9.90 Å². The largest absolute Gasteiger partial charge is 0.390 e. The average molecular weight is 348 g/mol. The Labute approximate surface area is 146 Å². The van der Waals surface area contributed by atoms with Gasteiger partial charge in [0.1, 0.15) is 17.1 Å². The summed E-state index contributed by atoms with van der Waals surface area (Å²) in [6.45, 7) is 9.18. The number of piperidine rings is 1. The monoisotopic (exact) mass is 348 g/mol. The molecule has 0 bridgehead atoms. The topological polar surface area (TPSA) is 105 Å². The molecule has 1 saturated heterocycles. The van der Waals surface area contributed by atoms with E-state index < -0.39 is 6.10 Å². The summed E-state index contributed by atoms with van der Waals surface area (Å²) in [6, 6.07) is -0.290. The van der Waals surface area contributed by atoms with E-state index in [1.807, 2.05) is 13.8 Å². The van der Waals surface area contributed by atoms with Crippen LogP contribution in [0.5, 0.6) is 0 Å². The minimum absolute atomic E-state index is 0.250. The fourth-order valence-corrected chi connectivity index (χ4v) is 3.31. The number of likely N-dealkylation sites (tertiary alicyclic amines) is 1. The van der Waals surface area contributed by atoms with Gasteiger partial charge in [0.15, 0.2) is 0 Å². The maximum Gasteiger partial charge on any atom is 0.257 e. The third kappa shape index (κ3) is 3.59. The van der Waals surface area contributed by atoms with Crippen molar-refractivity contribution in [3.05, 3.63) is 34.0 Å². The first-order chi connectivity index (χ1) is 11.9. The van der Waals surface area contributed by atoms with Crippen LogP contribution in [0, 0.1) is 27.7 Å². The fourth-order valence-electron chi connectivity index (χ4n) is 3.31. The molecule has 8 nitrogen and oxygen atoms in total. The molecular weight excluding hydrogens is 324 g/mol. The molecule has 2 atom stereocenters. The zero-order chi connectivity index (χ0) is 18.1. The molecule has 2 aromatic rings. The highest BCUT2D eigenvalue weighted by Crippen LogP contribution is 2.20. The molecule has 0 spiro atoms. The average Bonchev–Trinajstić information content (AvgIpc) is 3.06. The first kappa shape index (κ1) is 17.6. The van der Waals surface area contributed by atoms with Crippen LogP contribution in [-0.2, 0) is 6.54 Å². The SMILES string of the molecule is Cc1noc(C)c1CN1CC[C@@H](NC(=O)c2c(C)noc2C)[C@H](O)C1. The van der Waals surface area contributed by atoms with Crippen molar-refractivity contribution in [3.63, 3.8) is 0 Å². The number of rotatable bonds is 4. The zero-order valence-electron chi connectivity index (χ0n) is 15.0. The molecule has 8 heteroatoms. The van der Waals surface area contributed by atoms with Crippen LogP contribution in [0.4, 0.5) is 0 Å². The van der Waals surface area contributed by atoms with E-state index in [1.165, 1.54) is 0 Å². The molecule has 1 fully saturated rings. The molecule has 0 unspecified atom stereocenters. The highest BCUT2D eigenvalue weighted by Gasteiger charge is 2.31. The maximum absolute atomic E-state index is 12.4. The van der Waals surface area contributed by atoms with Gasteiger partial charge in [-0.3, -0.25) is 9.69 Å². The van der Waals surface area contributed by atoms with Crippen LogP contribution >= 0.6 is 0 Å². The summed E-state index contributed by atoms with van der Waals surface area (Å²) in [7, 11) is 0. The number of aliphatic hydroxyl groups is 1. The molecule has 3 rings (SSSR count). The first-order valence-corrected chi connectivity index (χ1v) is 8.42. The summed E-state index contributed by atoms with van der Waals surface area (Å²) in [5.41, 5.74) is 2.94. The number of aryl methyl sites for hydroxylation is 4. The molecule has 1 aliphatic heterocycles. The zero-order valence-corrected chi connectivity index (χ0v) is 15.0. The van der Waals surface area contributed by atoms with Crippen molar-refractivity contribution in [2.24, 2.45) is 0 Å². The molecular formula is C17H24N4O4. The third-order valence-corrected chi connectivity index (χ3v) is 4.81. The van der Waals surface area contributed by atoms with Crippen LogP contribution in [0.25, 0.3) is 0 Å². The Morgan fingerprint density at radius 3 is 2.44 bits per heavy atom.